The minimum atomic E-state index is -3.16. The summed E-state index contributed by atoms with van der Waals surface area (Å²) in [5.74, 6) is 0.678. The van der Waals surface area contributed by atoms with Crippen molar-refractivity contribution < 1.29 is 13.2 Å². The minimum absolute atomic E-state index is 0.00615. The van der Waals surface area contributed by atoms with Gasteiger partial charge in [-0.1, -0.05) is 25.1 Å². The summed E-state index contributed by atoms with van der Waals surface area (Å²) in [5, 5.41) is 0. The van der Waals surface area contributed by atoms with Gasteiger partial charge in [0.05, 0.1) is 10.5 Å². The Balaban J connectivity index is 2.73. The Labute approximate surface area is 122 Å². The smallest absolute Gasteiger partial charge is 0.158 e. The summed E-state index contributed by atoms with van der Waals surface area (Å²) >= 11 is 0. The molecular formula is C15H25NO3S. The van der Waals surface area contributed by atoms with E-state index in [-0.39, 0.29) is 18.4 Å². The normalized spacial score (nSPS) is 14.1. The van der Waals surface area contributed by atoms with Gasteiger partial charge in [-0.05, 0) is 33.3 Å². The van der Waals surface area contributed by atoms with Crippen LogP contribution in [0.1, 0.15) is 45.7 Å². The second-order valence-electron chi connectivity index (χ2n) is 5.83. The van der Waals surface area contributed by atoms with Crippen LogP contribution in [-0.4, -0.2) is 25.5 Å². The maximum absolute atomic E-state index is 12.0. The van der Waals surface area contributed by atoms with Crippen molar-refractivity contribution in [1.29, 1.82) is 0 Å². The molecule has 0 radical (unpaired) electrons. The highest BCUT2D eigenvalue weighted by Gasteiger charge is 2.28. The zero-order valence-corrected chi connectivity index (χ0v) is 13.5. The molecule has 2 N–H and O–H groups in total. The van der Waals surface area contributed by atoms with Crippen LogP contribution in [0.4, 0.5) is 0 Å². The van der Waals surface area contributed by atoms with Gasteiger partial charge in [-0.2, -0.15) is 0 Å². The predicted molar refractivity (Wildman–Crippen MR) is 82.7 cm³/mol. The van der Waals surface area contributed by atoms with Gasteiger partial charge in [-0.25, -0.2) is 8.42 Å². The summed E-state index contributed by atoms with van der Waals surface area (Å²) in [5.41, 5.74) is 6.94. The van der Waals surface area contributed by atoms with Crippen molar-refractivity contribution in [3.8, 4) is 5.75 Å². The largest absolute Gasteiger partial charge is 0.492 e. The van der Waals surface area contributed by atoms with Crippen LogP contribution in [-0.2, 0) is 9.84 Å². The van der Waals surface area contributed by atoms with Crippen LogP contribution in [0.25, 0.3) is 0 Å². The van der Waals surface area contributed by atoms with E-state index >= 15 is 0 Å². The van der Waals surface area contributed by atoms with Crippen LogP contribution >= 0.6 is 0 Å². The number of ether oxygens (including phenoxy) is 1. The number of rotatable bonds is 6. The maximum atomic E-state index is 12.0. The van der Waals surface area contributed by atoms with Crippen LogP contribution in [0.3, 0.4) is 0 Å². The highest BCUT2D eigenvalue weighted by molar-refractivity contribution is 7.92. The first-order chi connectivity index (χ1) is 9.19. The Morgan fingerprint density at radius 3 is 2.40 bits per heavy atom. The first kappa shape index (κ1) is 17.0. The fourth-order valence-electron chi connectivity index (χ4n) is 1.71. The molecule has 0 aliphatic rings. The zero-order chi connectivity index (χ0) is 15.4. The van der Waals surface area contributed by atoms with Crippen molar-refractivity contribution in [3.05, 3.63) is 29.8 Å². The summed E-state index contributed by atoms with van der Waals surface area (Å²) in [7, 11) is -3.16. The third-order valence-corrected chi connectivity index (χ3v) is 5.87. The number of hydrogen-bond acceptors (Lipinski definition) is 4. The molecule has 0 aliphatic heterocycles. The molecule has 1 atom stereocenters. The second kappa shape index (κ2) is 6.59. The lowest BCUT2D eigenvalue weighted by atomic mass is 10.0. The third-order valence-electron chi connectivity index (χ3n) is 3.30. The first-order valence-electron chi connectivity index (χ1n) is 6.88. The van der Waals surface area contributed by atoms with Gasteiger partial charge in [0.2, 0.25) is 0 Å². The average molecular weight is 299 g/mol. The standard InChI is InChI=1S/C15H25NO3S/c1-5-13(16)12-8-6-7-9-14(12)19-10-11-20(17,18)15(2,3)4/h6-9,13H,5,10-11,16H2,1-4H3/t13-/m1/s1. The average Bonchev–Trinajstić information content (AvgIpc) is 2.37. The van der Waals surface area contributed by atoms with Gasteiger partial charge in [0.25, 0.3) is 0 Å². The fourth-order valence-corrected chi connectivity index (χ4v) is 2.62. The molecule has 20 heavy (non-hydrogen) atoms. The van der Waals surface area contributed by atoms with Crippen LogP contribution in [0.15, 0.2) is 24.3 Å². The van der Waals surface area contributed by atoms with Gasteiger partial charge in [0.15, 0.2) is 9.84 Å². The highest BCUT2D eigenvalue weighted by atomic mass is 32.2. The first-order valence-corrected chi connectivity index (χ1v) is 8.54. The van der Waals surface area contributed by atoms with Crippen molar-refractivity contribution in [2.75, 3.05) is 12.4 Å². The molecule has 0 saturated carbocycles. The van der Waals surface area contributed by atoms with Crippen molar-refractivity contribution in [1.82, 2.24) is 0 Å². The van der Waals surface area contributed by atoms with E-state index in [1.807, 2.05) is 31.2 Å². The Hall–Kier alpha value is -1.07. The quantitative estimate of drug-likeness (QED) is 0.877. The zero-order valence-electron chi connectivity index (χ0n) is 12.7. The molecule has 0 bridgehead atoms. The van der Waals surface area contributed by atoms with Crippen molar-refractivity contribution in [3.63, 3.8) is 0 Å². The Morgan fingerprint density at radius 2 is 1.85 bits per heavy atom. The Bertz CT molecular complexity index is 532. The fraction of sp³-hybridized carbons (Fsp3) is 0.600. The SMILES string of the molecule is CC[C@@H](N)c1ccccc1OCCS(=O)(=O)C(C)(C)C. The molecule has 0 unspecified atom stereocenters. The van der Waals surface area contributed by atoms with E-state index in [2.05, 4.69) is 0 Å². The second-order valence-corrected chi connectivity index (χ2v) is 8.69. The maximum Gasteiger partial charge on any atom is 0.158 e. The van der Waals surface area contributed by atoms with Crippen LogP contribution in [0, 0.1) is 0 Å². The number of nitrogens with two attached hydrogens (primary N) is 1. The summed E-state index contributed by atoms with van der Waals surface area (Å²) in [6.07, 6.45) is 0.806. The number of benzene rings is 1. The third kappa shape index (κ3) is 4.21. The van der Waals surface area contributed by atoms with Gasteiger partial charge in [0, 0.05) is 11.6 Å². The van der Waals surface area contributed by atoms with E-state index < -0.39 is 14.6 Å². The van der Waals surface area contributed by atoms with Crippen molar-refractivity contribution >= 4 is 9.84 Å². The molecule has 4 nitrogen and oxygen atoms in total. The molecule has 0 fully saturated rings. The van der Waals surface area contributed by atoms with Gasteiger partial charge in [0.1, 0.15) is 12.4 Å². The lowest BCUT2D eigenvalue weighted by Crippen LogP contribution is -2.32. The summed E-state index contributed by atoms with van der Waals surface area (Å²) in [4.78, 5) is 0. The number of para-hydroxylation sites is 1. The molecule has 0 saturated heterocycles. The molecule has 1 rings (SSSR count). The molecule has 0 spiro atoms. The molecule has 0 aromatic heterocycles. The van der Waals surface area contributed by atoms with E-state index in [1.165, 1.54) is 0 Å². The predicted octanol–water partition coefficient (Wildman–Crippen LogP) is 2.69. The van der Waals surface area contributed by atoms with Gasteiger partial charge < -0.3 is 10.5 Å². The van der Waals surface area contributed by atoms with Crippen LogP contribution in [0.2, 0.25) is 0 Å². The van der Waals surface area contributed by atoms with Crippen LogP contribution < -0.4 is 10.5 Å². The Kier molecular flexibility index (Phi) is 5.59. The number of hydrogen-bond donors (Lipinski definition) is 1. The van der Waals surface area contributed by atoms with E-state index in [9.17, 15) is 8.42 Å². The Morgan fingerprint density at radius 1 is 1.25 bits per heavy atom. The molecular weight excluding hydrogens is 274 g/mol. The van der Waals surface area contributed by atoms with E-state index in [4.69, 9.17) is 10.5 Å². The summed E-state index contributed by atoms with van der Waals surface area (Å²) in [6.45, 7) is 7.24. The molecule has 1 aromatic carbocycles. The topological polar surface area (TPSA) is 69.4 Å². The molecule has 1 aromatic rings. The van der Waals surface area contributed by atoms with Gasteiger partial charge >= 0.3 is 0 Å². The molecule has 5 heteroatoms. The summed E-state index contributed by atoms with van der Waals surface area (Å²) < 4.78 is 28.9. The lowest BCUT2D eigenvalue weighted by Gasteiger charge is -2.20. The van der Waals surface area contributed by atoms with Gasteiger partial charge in [-0.3, -0.25) is 0 Å². The molecule has 0 amide bonds. The highest BCUT2D eigenvalue weighted by Crippen LogP contribution is 2.25. The van der Waals surface area contributed by atoms with Gasteiger partial charge in [-0.15, -0.1) is 0 Å². The molecule has 114 valence electrons. The van der Waals surface area contributed by atoms with Crippen LogP contribution in [0.5, 0.6) is 5.75 Å². The molecule has 0 heterocycles. The monoisotopic (exact) mass is 299 g/mol. The van der Waals surface area contributed by atoms with E-state index in [0.29, 0.717) is 5.75 Å². The summed E-state index contributed by atoms with van der Waals surface area (Å²) in [6, 6.07) is 7.42. The molecule has 0 aliphatic carbocycles. The lowest BCUT2D eigenvalue weighted by molar-refractivity contribution is 0.333. The van der Waals surface area contributed by atoms with Crippen molar-refractivity contribution in [2.45, 2.75) is 44.9 Å². The van der Waals surface area contributed by atoms with E-state index in [1.54, 1.807) is 20.8 Å². The van der Waals surface area contributed by atoms with E-state index in [0.717, 1.165) is 12.0 Å². The number of sulfone groups is 1. The van der Waals surface area contributed by atoms with Crippen molar-refractivity contribution in [2.24, 2.45) is 5.73 Å². The minimum Gasteiger partial charge on any atom is -0.492 e.